The Morgan fingerprint density at radius 2 is 1.87 bits per heavy atom. The maximum atomic E-state index is 13.8. The van der Waals surface area contributed by atoms with Crippen LogP contribution in [0.1, 0.15) is 36.5 Å². The van der Waals surface area contributed by atoms with Gasteiger partial charge in [0.15, 0.2) is 0 Å². The molecule has 0 radical (unpaired) electrons. The van der Waals surface area contributed by atoms with E-state index in [2.05, 4.69) is 10.6 Å². The van der Waals surface area contributed by atoms with Crippen molar-refractivity contribution < 1.29 is 18.5 Å². The average molecular weight is 450 g/mol. The highest BCUT2D eigenvalue weighted by atomic mass is 35.5. The molecule has 2 aliphatic carbocycles. The molecule has 0 spiro atoms. The molecule has 4 rings (SSSR count). The number of rotatable bonds is 7. The molecule has 9 heteroatoms. The molecule has 2 saturated carbocycles. The SMILES string of the molecule is CCC(NC(=O)c1ccc(Cl)cc1)C1[C@H]2CC(Nc3cc(F)cc(F)c3[N+](=O)[O-])C[C@@H]12. The summed E-state index contributed by atoms with van der Waals surface area (Å²) in [5, 5.41) is 17.8. The quantitative estimate of drug-likeness (QED) is 0.451. The van der Waals surface area contributed by atoms with E-state index in [1.54, 1.807) is 24.3 Å². The Hall–Kier alpha value is -2.74. The number of hydrogen-bond acceptors (Lipinski definition) is 4. The van der Waals surface area contributed by atoms with Gasteiger partial charge < -0.3 is 10.6 Å². The Kier molecular flexibility index (Phi) is 5.83. The number of halogens is 3. The van der Waals surface area contributed by atoms with E-state index in [-0.39, 0.29) is 23.7 Å². The fraction of sp³-hybridized carbons (Fsp3) is 0.409. The number of fused-ring (bicyclic) bond motifs is 1. The Labute approximate surface area is 183 Å². The molecule has 6 nitrogen and oxygen atoms in total. The highest BCUT2D eigenvalue weighted by Gasteiger charge is 2.58. The van der Waals surface area contributed by atoms with Gasteiger partial charge in [-0.25, -0.2) is 4.39 Å². The maximum Gasteiger partial charge on any atom is 0.327 e. The molecule has 164 valence electrons. The standard InChI is InChI=1S/C22H22ClF2N3O3/c1-2-18(27-22(29)11-3-5-12(23)6-4-11)20-15-9-14(10-16(15)20)26-19-8-13(24)7-17(25)21(19)28(30)31/h3-8,14-16,18,20,26H,2,9-10H2,1H3,(H,27,29)/t14?,15-,16+,18?,20?. The third kappa shape index (κ3) is 4.35. The maximum absolute atomic E-state index is 13.8. The van der Waals surface area contributed by atoms with E-state index in [9.17, 15) is 23.7 Å². The number of anilines is 1. The number of nitro groups is 1. The molecule has 2 aliphatic rings. The number of nitro benzene ring substituents is 1. The number of carbonyl (C=O) groups is 1. The van der Waals surface area contributed by atoms with Crippen LogP contribution in [0, 0.1) is 39.5 Å². The first-order chi connectivity index (χ1) is 14.8. The normalized spacial score (nSPS) is 24.9. The van der Waals surface area contributed by atoms with Crippen LogP contribution in [0.3, 0.4) is 0 Å². The summed E-state index contributed by atoms with van der Waals surface area (Å²) in [7, 11) is 0. The van der Waals surface area contributed by atoms with Crippen LogP contribution in [0.2, 0.25) is 5.02 Å². The number of nitrogens with zero attached hydrogens (tertiary/aromatic N) is 1. The fourth-order valence-electron chi connectivity index (χ4n) is 5.01. The smallest absolute Gasteiger partial charge is 0.327 e. The molecule has 0 aromatic heterocycles. The molecule has 5 atom stereocenters. The van der Waals surface area contributed by atoms with Gasteiger partial charge in [-0.1, -0.05) is 18.5 Å². The van der Waals surface area contributed by atoms with Crippen LogP contribution in [-0.2, 0) is 0 Å². The molecule has 2 aromatic rings. The topological polar surface area (TPSA) is 84.3 Å². The number of hydrogen-bond donors (Lipinski definition) is 2. The number of amides is 1. The van der Waals surface area contributed by atoms with Crippen molar-refractivity contribution in [2.75, 3.05) is 5.32 Å². The summed E-state index contributed by atoms with van der Waals surface area (Å²) in [6, 6.07) is 8.12. The second-order valence-electron chi connectivity index (χ2n) is 8.25. The van der Waals surface area contributed by atoms with Crippen molar-refractivity contribution in [3.63, 3.8) is 0 Å². The van der Waals surface area contributed by atoms with Gasteiger partial charge in [-0.15, -0.1) is 0 Å². The lowest BCUT2D eigenvalue weighted by Crippen LogP contribution is -2.38. The Balaban J connectivity index is 1.37. The first-order valence-electron chi connectivity index (χ1n) is 10.2. The molecule has 0 saturated heterocycles. The third-order valence-corrected chi connectivity index (χ3v) is 6.66. The van der Waals surface area contributed by atoms with E-state index in [0.717, 1.165) is 25.3 Å². The zero-order valence-corrected chi connectivity index (χ0v) is 17.5. The van der Waals surface area contributed by atoms with Crippen LogP contribution in [0.5, 0.6) is 0 Å². The van der Waals surface area contributed by atoms with Gasteiger partial charge in [-0.05, 0) is 61.3 Å². The molecule has 3 unspecified atom stereocenters. The van der Waals surface area contributed by atoms with Gasteiger partial charge in [0.1, 0.15) is 11.5 Å². The first kappa shape index (κ1) is 21.5. The largest absolute Gasteiger partial charge is 0.377 e. The van der Waals surface area contributed by atoms with Gasteiger partial charge in [-0.3, -0.25) is 14.9 Å². The molecule has 0 aliphatic heterocycles. The van der Waals surface area contributed by atoms with Crippen LogP contribution >= 0.6 is 11.6 Å². The number of carbonyl (C=O) groups excluding carboxylic acids is 1. The van der Waals surface area contributed by atoms with Gasteiger partial charge in [0.05, 0.1) is 4.92 Å². The fourth-order valence-corrected chi connectivity index (χ4v) is 5.14. The lowest BCUT2D eigenvalue weighted by molar-refractivity contribution is -0.386. The zero-order chi connectivity index (χ0) is 22.3. The zero-order valence-electron chi connectivity index (χ0n) is 16.8. The Morgan fingerprint density at radius 1 is 1.23 bits per heavy atom. The van der Waals surface area contributed by atoms with E-state index in [0.29, 0.717) is 34.4 Å². The Morgan fingerprint density at radius 3 is 2.45 bits per heavy atom. The van der Waals surface area contributed by atoms with Crippen molar-refractivity contribution in [2.45, 2.75) is 38.3 Å². The second kappa shape index (κ2) is 8.42. The minimum atomic E-state index is -1.19. The first-order valence-corrected chi connectivity index (χ1v) is 10.6. The molecule has 2 N–H and O–H groups in total. The highest BCUT2D eigenvalue weighted by Crippen LogP contribution is 2.60. The number of benzene rings is 2. The molecule has 2 aromatic carbocycles. The summed E-state index contributed by atoms with van der Waals surface area (Å²) in [4.78, 5) is 22.9. The molecule has 1 amide bonds. The average Bonchev–Trinajstić information content (AvgIpc) is 3.19. The van der Waals surface area contributed by atoms with Gasteiger partial charge in [0.25, 0.3) is 5.91 Å². The summed E-state index contributed by atoms with van der Waals surface area (Å²) < 4.78 is 27.4. The minimum Gasteiger partial charge on any atom is -0.377 e. The van der Waals surface area contributed by atoms with Crippen molar-refractivity contribution in [3.05, 3.63) is 68.7 Å². The summed E-state index contributed by atoms with van der Waals surface area (Å²) in [5.41, 5.74) is -0.317. The van der Waals surface area contributed by atoms with Crippen LogP contribution in [-0.4, -0.2) is 22.9 Å². The van der Waals surface area contributed by atoms with E-state index in [4.69, 9.17) is 11.6 Å². The lowest BCUT2D eigenvalue weighted by atomic mass is 9.98. The highest BCUT2D eigenvalue weighted by molar-refractivity contribution is 6.30. The monoisotopic (exact) mass is 449 g/mol. The van der Waals surface area contributed by atoms with Crippen molar-refractivity contribution in [1.82, 2.24) is 5.32 Å². The van der Waals surface area contributed by atoms with Crippen LogP contribution in [0.25, 0.3) is 0 Å². The van der Waals surface area contributed by atoms with Crippen molar-refractivity contribution in [3.8, 4) is 0 Å². The predicted molar refractivity (Wildman–Crippen MR) is 113 cm³/mol. The lowest BCUT2D eigenvalue weighted by Gasteiger charge is -2.22. The summed E-state index contributed by atoms with van der Waals surface area (Å²) >= 11 is 5.87. The Bertz CT molecular complexity index is 1010. The molecule has 0 heterocycles. The van der Waals surface area contributed by atoms with Gasteiger partial charge in [-0.2, -0.15) is 4.39 Å². The third-order valence-electron chi connectivity index (χ3n) is 6.41. The van der Waals surface area contributed by atoms with E-state index < -0.39 is 22.2 Å². The summed E-state index contributed by atoms with van der Waals surface area (Å²) in [6.45, 7) is 2.02. The predicted octanol–water partition coefficient (Wildman–Crippen LogP) is 5.17. The van der Waals surface area contributed by atoms with Crippen LogP contribution in [0.15, 0.2) is 36.4 Å². The van der Waals surface area contributed by atoms with E-state index in [1.165, 1.54) is 0 Å². The van der Waals surface area contributed by atoms with Crippen LogP contribution in [0.4, 0.5) is 20.2 Å². The second-order valence-corrected chi connectivity index (χ2v) is 8.69. The van der Waals surface area contributed by atoms with Gasteiger partial charge >= 0.3 is 5.69 Å². The minimum absolute atomic E-state index is 0.0279. The summed E-state index contributed by atoms with van der Waals surface area (Å²) in [5.74, 6) is -1.13. The van der Waals surface area contributed by atoms with Gasteiger partial charge in [0.2, 0.25) is 5.82 Å². The molecule has 31 heavy (non-hydrogen) atoms. The van der Waals surface area contributed by atoms with Crippen molar-refractivity contribution in [1.29, 1.82) is 0 Å². The van der Waals surface area contributed by atoms with E-state index >= 15 is 0 Å². The van der Waals surface area contributed by atoms with Crippen molar-refractivity contribution >= 4 is 28.9 Å². The number of nitrogens with one attached hydrogen (secondary N) is 2. The van der Waals surface area contributed by atoms with Crippen LogP contribution < -0.4 is 10.6 Å². The molecular formula is C22H22ClF2N3O3. The van der Waals surface area contributed by atoms with Crippen molar-refractivity contribution in [2.24, 2.45) is 17.8 Å². The molecular weight excluding hydrogens is 428 g/mol. The van der Waals surface area contributed by atoms with E-state index in [1.807, 2.05) is 6.92 Å². The summed E-state index contributed by atoms with van der Waals surface area (Å²) in [6.07, 6.45) is 2.26. The molecule has 0 bridgehead atoms. The molecule has 2 fully saturated rings. The van der Waals surface area contributed by atoms with Gasteiger partial charge in [0, 0.05) is 34.8 Å².